The van der Waals surface area contributed by atoms with Crippen LogP contribution in [0.25, 0.3) is 0 Å². The summed E-state index contributed by atoms with van der Waals surface area (Å²) in [7, 11) is 0. The molecule has 0 aromatic heterocycles. The van der Waals surface area contributed by atoms with Crippen molar-refractivity contribution in [3.8, 4) is 0 Å². The zero-order valence-electron chi connectivity index (χ0n) is 13.4. The Kier molecular flexibility index (Phi) is 5.20. The number of aliphatic hydroxyl groups excluding tert-OH is 1. The monoisotopic (exact) mass is 323 g/mol. The largest absolute Gasteiger partial charge is 0.394 e. The molecular formula is C16H22FN3O3. The molecule has 2 amide bonds. The van der Waals surface area contributed by atoms with E-state index in [1.54, 1.807) is 32.0 Å². The number of para-hydroxylation sites is 1. The molecule has 1 saturated heterocycles. The molecule has 1 aromatic carbocycles. The van der Waals surface area contributed by atoms with Crippen molar-refractivity contribution < 1.29 is 19.1 Å². The first-order valence-corrected chi connectivity index (χ1v) is 7.56. The Bertz CT molecular complexity index is 584. The van der Waals surface area contributed by atoms with Crippen molar-refractivity contribution in [1.29, 1.82) is 0 Å². The van der Waals surface area contributed by atoms with Crippen molar-refractivity contribution in [2.45, 2.75) is 19.4 Å². The first kappa shape index (κ1) is 17.2. The third-order valence-corrected chi connectivity index (χ3v) is 3.80. The number of benzene rings is 1. The molecular weight excluding hydrogens is 301 g/mol. The second kappa shape index (κ2) is 6.95. The molecule has 1 aliphatic heterocycles. The van der Waals surface area contributed by atoms with Gasteiger partial charge in [0.25, 0.3) is 0 Å². The Labute approximate surface area is 134 Å². The summed E-state index contributed by atoms with van der Waals surface area (Å²) >= 11 is 0. The van der Waals surface area contributed by atoms with Crippen LogP contribution in [0, 0.1) is 5.82 Å². The van der Waals surface area contributed by atoms with Gasteiger partial charge in [-0.25, -0.2) is 4.39 Å². The third kappa shape index (κ3) is 4.19. The van der Waals surface area contributed by atoms with Gasteiger partial charge >= 0.3 is 11.8 Å². The van der Waals surface area contributed by atoms with Crippen LogP contribution in [0.1, 0.15) is 13.8 Å². The lowest BCUT2D eigenvalue weighted by Crippen LogP contribution is -2.56. The molecule has 126 valence electrons. The first-order valence-electron chi connectivity index (χ1n) is 7.56. The maximum Gasteiger partial charge on any atom is 0.312 e. The van der Waals surface area contributed by atoms with E-state index in [1.807, 2.05) is 4.90 Å². The highest BCUT2D eigenvalue weighted by atomic mass is 19.1. The van der Waals surface area contributed by atoms with E-state index < -0.39 is 17.4 Å². The van der Waals surface area contributed by atoms with E-state index in [4.69, 9.17) is 5.11 Å². The van der Waals surface area contributed by atoms with Crippen molar-refractivity contribution in [1.82, 2.24) is 10.2 Å². The van der Waals surface area contributed by atoms with Gasteiger partial charge in [-0.3, -0.25) is 9.59 Å². The maximum atomic E-state index is 13.8. The lowest BCUT2D eigenvalue weighted by atomic mass is 10.1. The van der Waals surface area contributed by atoms with Gasteiger partial charge in [-0.1, -0.05) is 12.1 Å². The number of anilines is 1. The van der Waals surface area contributed by atoms with Crippen LogP contribution in [0.4, 0.5) is 10.1 Å². The van der Waals surface area contributed by atoms with E-state index in [9.17, 15) is 14.0 Å². The van der Waals surface area contributed by atoms with Gasteiger partial charge < -0.3 is 20.2 Å². The molecule has 0 unspecified atom stereocenters. The van der Waals surface area contributed by atoms with E-state index in [1.165, 1.54) is 11.0 Å². The fourth-order valence-electron chi connectivity index (χ4n) is 2.40. The van der Waals surface area contributed by atoms with Crippen LogP contribution in [0.5, 0.6) is 0 Å². The summed E-state index contributed by atoms with van der Waals surface area (Å²) in [6.45, 7) is 4.63. The van der Waals surface area contributed by atoms with E-state index >= 15 is 0 Å². The molecule has 7 heteroatoms. The second-order valence-electron chi connectivity index (χ2n) is 6.23. The number of carbonyl (C=O) groups is 2. The van der Waals surface area contributed by atoms with Gasteiger partial charge in [-0.05, 0) is 26.0 Å². The first-order chi connectivity index (χ1) is 10.8. The summed E-state index contributed by atoms with van der Waals surface area (Å²) < 4.78 is 13.8. The summed E-state index contributed by atoms with van der Waals surface area (Å²) in [5.41, 5.74) is -0.340. The summed E-state index contributed by atoms with van der Waals surface area (Å²) in [6.07, 6.45) is 0. The molecule has 1 aromatic rings. The minimum absolute atomic E-state index is 0.257. The lowest BCUT2D eigenvalue weighted by Gasteiger charge is -2.36. The summed E-state index contributed by atoms with van der Waals surface area (Å²) in [6, 6.07) is 6.49. The molecule has 1 heterocycles. The molecule has 6 nitrogen and oxygen atoms in total. The van der Waals surface area contributed by atoms with Crippen molar-refractivity contribution in [3.05, 3.63) is 30.1 Å². The lowest BCUT2D eigenvalue weighted by molar-refractivity contribution is -0.147. The highest BCUT2D eigenvalue weighted by molar-refractivity contribution is 6.35. The maximum absolute atomic E-state index is 13.8. The van der Waals surface area contributed by atoms with Crippen LogP contribution in [0.3, 0.4) is 0 Å². The highest BCUT2D eigenvalue weighted by Gasteiger charge is 2.30. The van der Waals surface area contributed by atoms with Crippen LogP contribution in [0.15, 0.2) is 24.3 Å². The molecule has 2 rings (SSSR count). The van der Waals surface area contributed by atoms with Crippen LogP contribution in [-0.2, 0) is 9.59 Å². The van der Waals surface area contributed by atoms with Gasteiger partial charge in [-0.15, -0.1) is 0 Å². The smallest absolute Gasteiger partial charge is 0.312 e. The van der Waals surface area contributed by atoms with E-state index in [2.05, 4.69) is 5.32 Å². The molecule has 0 aliphatic carbocycles. The van der Waals surface area contributed by atoms with Crippen molar-refractivity contribution in [2.75, 3.05) is 37.7 Å². The van der Waals surface area contributed by atoms with Gasteiger partial charge in [-0.2, -0.15) is 0 Å². The Morgan fingerprint density at radius 2 is 1.83 bits per heavy atom. The van der Waals surface area contributed by atoms with Gasteiger partial charge in [0.05, 0.1) is 17.8 Å². The van der Waals surface area contributed by atoms with Crippen LogP contribution >= 0.6 is 0 Å². The quantitative estimate of drug-likeness (QED) is 0.788. The number of halogens is 1. The number of piperazine rings is 1. The van der Waals surface area contributed by atoms with E-state index in [0.29, 0.717) is 31.9 Å². The summed E-state index contributed by atoms with van der Waals surface area (Å²) in [5, 5.41) is 11.6. The van der Waals surface area contributed by atoms with Gasteiger partial charge in [0.2, 0.25) is 0 Å². The van der Waals surface area contributed by atoms with Crippen LogP contribution < -0.4 is 10.2 Å². The minimum Gasteiger partial charge on any atom is -0.394 e. The molecule has 0 bridgehead atoms. The number of aliphatic hydroxyl groups is 1. The Hall–Kier alpha value is -2.15. The Balaban J connectivity index is 1.93. The number of hydrogen-bond acceptors (Lipinski definition) is 4. The molecule has 1 fully saturated rings. The fraction of sp³-hybridized carbons (Fsp3) is 0.500. The average Bonchev–Trinajstić information content (AvgIpc) is 2.54. The zero-order valence-corrected chi connectivity index (χ0v) is 13.4. The number of nitrogens with one attached hydrogen (secondary N) is 1. The van der Waals surface area contributed by atoms with Crippen LogP contribution in [0.2, 0.25) is 0 Å². The SMILES string of the molecule is CC(C)(CO)NC(=O)C(=O)N1CCN(c2ccccc2F)CC1. The Morgan fingerprint density at radius 1 is 1.22 bits per heavy atom. The molecule has 1 aliphatic rings. The number of rotatable bonds is 3. The predicted octanol–water partition coefficient (Wildman–Crippen LogP) is 0.361. The van der Waals surface area contributed by atoms with E-state index in [0.717, 1.165) is 0 Å². The van der Waals surface area contributed by atoms with Crippen molar-refractivity contribution in [2.24, 2.45) is 0 Å². The van der Waals surface area contributed by atoms with Crippen molar-refractivity contribution >= 4 is 17.5 Å². The summed E-state index contributed by atoms with van der Waals surface area (Å²) in [4.78, 5) is 27.4. The van der Waals surface area contributed by atoms with Crippen LogP contribution in [-0.4, -0.2) is 60.1 Å². The van der Waals surface area contributed by atoms with Gasteiger partial charge in [0.15, 0.2) is 0 Å². The minimum atomic E-state index is -0.846. The topological polar surface area (TPSA) is 72.9 Å². The molecule has 0 atom stereocenters. The highest BCUT2D eigenvalue weighted by Crippen LogP contribution is 2.20. The molecule has 0 radical (unpaired) electrons. The zero-order chi connectivity index (χ0) is 17.0. The normalized spacial score (nSPS) is 15.5. The molecule has 23 heavy (non-hydrogen) atoms. The number of nitrogens with zero attached hydrogens (tertiary/aromatic N) is 2. The van der Waals surface area contributed by atoms with Gasteiger partial charge in [0, 0.05) is 26.2 Å². The number of hydrogen-bond donors (Lipinski definition) is 2. The standard InChI is InChI=1S/C16H22FN3O3/c1-16(2,11-21)18-14(22)15(23)20-9-7-19(8-10-20)13-6-4-3-5-12(13)17/h3-6,21H,7-11H2,1-2H3,(H,18,22). The number of amides is 2. The van der Waals surface area contributed by atoms with Gasteiger partial charge in [0.1, 0.15) is 5.82 Å². The third-order valence-electron chi connectivity index (χ3n) is 3.80. The molecule has 0 spiro atoms. The Morgan fingerprint density at radius 3 is 2.39 bits per heavy atom. The van der Waals surface area contributed by atoms with Crippen molar-refractivity contribution in [3.63, 3.8) is 0 Å². The number of carbonyl (C=O) groups excluding carboxylic acids is 2. The molecule has 0 saturated carbocycles. The predicted molar refractivity (Wildman–Crippen MR) is 84.5 cm³/mol. The molecule has 2 N–H and O–H groups in total. The summed E-state index contributed by atoms with van der Waals surface area (Å²) in [5.74, 6) is -1.65. The van der Waals surface area contributed by atoms with E-state index in [-0.39, 0.29) is 12.4 Å². The second-order valence-corrected chi connectivity index (χ2v) is 6.23. The average molecular weight is 323 g/mol. The fourth-order valence-corrected chi connectivity index (χ4v) is 2.40.